The summed E-state index contributed by atoms with van der Waals surface area (Å²) < 4.78 is 0. The molecule has 0 heterocycles. The third kappa shape index (κ3) is 3.00. The van der Waals surface area contributed by atoms with Crippen LogP contribution in [0, 0.1) is 0 Å². The zero-order valence-corrected chi connectivity index (χ0v) is 8.87. The first-order chi connectivity index (χ1) is 6.77. The highest BCUT2D eigenvalue weighted by molar-refractivity contribution is 5.26. The number of aryl methyl sites for hydroxylation is 1. The van der Waals surface area contributed by atoms with E-state index in [1.807, 2.05) is 0 Å². The van der Waals surface area contributed by atoms with Gasteiger partial charge in [0, 0.05) is 6.04 Å². The molecule has 1 atom stereocenters. The van der Waals surface area contributed by atoms with Gasteiger partial charge in [-0.1, -0.05) is 43.7 Å². The molecule has 0 aromatic heterocycles. The van der Waals surface area contributed by atoms with Crippen LogP contribution in [0.2, 0.25) is 0 Å². The predicted molar refractivity (Wildman–Crippen MR) is 62.2 cm³/mol. The van der Waals surface area contributed by atoms with Crippen molar-refractivity contribution in [1.82, 2.24) is 0 Å². The average Bonchev–Trinajstić information content (AvgIpc) is 2.26. The Labute approximate surface area is 86.6 Å². The fourth-order valence-corrected chi connectivity index (χ4v) is 1.42. The summed E-state index contributed by atoms with van der Waals surface area (Å²) in [6.45, 7) is 5.89. The van der Waals surface area contributed by atoms with E-state index in [9.17, 15) is 0 Å². The normalized spacial score (nSPS) is 12.4. The second kappa shape index (κ2) is 5.61. The quantitative estimate of drug-likeness (QED) is 0.707. The smallest absolute Gasteiger partial charge is 0.0478 e. The molecule has 0 radical (unpaired) electrons. The fourth-order valence-electron chi connectivity index (χ4n) is 1.42. The standard InChI is InChI=1S/C13H19N/c1-3-5-6-11-7-9-12(10-8-11)13(14)4-2/h4,7-10,13H,2-3,5-6,14H2,1H3. The Morgan fingerprint density at radius 2 is 2.00 bits per heavy atom. The van der Waals surface area contributed by atoms with Gasteiger partial charge in [0.05, 0.1) is 0 Å². The number of rotatable bonds is 5. The Morgan fingerprint density at radius 1 is 1.36 bits per heavy atom. The SMILES string of the molecule is C=CC(N)c1ccc(CCCC)cc1. The maximum Gasteiger partial charge on any atom is 0.0478 e. The molecule has 1 unspecified atom stereocenters. The van der Waals surface area contributed by atoms with Crippen LogP contribution in [-0.2, 0) is 6.42 Å². The molecule has 0 spiro atoms. The van der Waals surface area contributed by atoms with Crippen molar-refractivity contribution in [3.63, 3.8) is 0 Å². The van der Waals surface area contributed by atoms with Crippen molar-refractivity contribution in [3.8, 4) is 0 Å². The van der Waals surface area contributed by atoms with Gasteiger partial charge in [0.1, 0.15) is 0 Å². The van der Waals surface area contributed by atoms with Crippen molar-refractivity contribution < 1.29 is 0 Å². The Morgan fingerprint density at radius 3 is 2.50 bits per heavy atom. The van der Waals surface area contributed by atoms with Gasteiger partial charge in [-0.25, -0.2) is 0 Å². The molecule has 0 saturated heterocycles. The minimum atomic E-state index is -0.0322. The summed E-state index contributed by atoms with van der Waals surface area (Å²) in [6.07, 6.45) is 5.43. The topological polar surface area (TPSA) is 26.0 Å². The van der Waals surface area contributed by atoms with Crippen LogP contribution in [0.4, 0.5) is 0 Å². The number of hydrogen-bond acceptors (Lipinski definition) is 1. The van der Waals surface area contributed by atoms with Gasteiger partial charge < -0.3 is 5.73 Å². The lowest BCUT2D eigenvalue weighted by Gasteiger charge is -2.07. The van der Waals surface area contributed by atoms with Gasteiger partial charge in [-0.2, -0.15) is 0 Å². The molecule has 0 aliphatic heterocycles. The second-order valence-corrected chi connectivity index (χ2v) is 3.61. The average molecular weight is 189 g/mol. The van der Waals surface area contributed by atoms with Gasteiger partial charge in [0.2, 0.25) is 0 Å². The number of nitrogens with two attached hydrogens (primary N) is 1. The lowest BCUT2D eigenvalue weighted by molar-refractivity contribution is 0.793. The van der Waals surface area contributed by atoms with E-state index in [4.69, 9.17) is 5.73 Å². The molecule has 0 saturated carbocycles. The molecular formula is C13H19N. The summed E-state index contributed by atoms with van der Waals surface area (Å²) in [5.74, 6) is 0. The molecule has 1 heteroatoms. The maximum atomic E-state index is 5.83. The summed E-state index contributed by atoms with van der Waals surface area (Å²) >= 11 is 0. The molecule has 1 aromatic carbocycles. The van der Waals surface area contributed by atoms with Crippen LogP contribution < -0.4 is 5.73 Å². The first-order valence-electron chi connectivity index (χ1n) is 5.25. The highest BCUT2D eigenvalue weighted by atomic mass is 14.6. The Balaban J connectivity index is 2.63. The summed E-state index contributed by atoms with van der Waals surface area (Å²) in [4.78, 5) is 0. The monoisotopic (exact) mass is 189 g/mol. The first kappa shape index (κ1) is 11.0. The Kier molecular flexibility index (Phi) is 4.41. The molecule has 0 bridgehead atoms. The molecule has 76 valence electrons. The highest BCUT2D eigenvalue weighted by Crippen LogP contribution is 2.13. The largest absolute Gasteiger partial charge is 0.321 e. The molecular weight excluding hydrogens is 170 g/mol. The van der Waals surface area contributed by atoms with E-state index in [2.05, 4.69) is 37.8 Å². The van der Waals surface area contributed by atoms with Crippen LogP contribution in [0.3, 0.4) is 0 Å². The van der Waals surface area contributed by atoms with Crippen molar-refractivity contribution >= 4 is 0 Å². The van der Waals surface area contributed by atoms with Crippen LogP contribution >= 0.6 is 0 Å². The van der Waals surface area contributed by atoms with Crippen molar-refractivity contribution in [2.75, 3.05) is 0 Å². The van der Waals surface area contributed by atoms with Gasteiger partial charge in [-0.3, -0.25) is 0 Å². The molecule has 1 rings (SSSR count). The summed E-state index contributed by atoms with van der Waals surface area (Å²) in [7, 11) is 0. The summed E-state index contributed by atoms with van der Waals surface area (Å²) in [5.41, 5.74) is 8.36. The minimum absolute atomic E-state index is 0.0322. The Hall–Kier alpha value is -1.08. The lowest BCUT2D eigenvalue weighted by atomic mass is 10.0. The van der Waals surface area contributed by atoms with Crippen LogP contribution in [0.15, 0.2) is 36.9 Å². The van der Waals surface area contributed by atoms with Gasteiger partial charge >= 0.3 is 0 Å². The van der Waals surface area contributed by atoms with E-state index < -0.39 is 0 Å². The second-order valence-electron chi connectivity index (χ2n) is 3.61. The Bertz CT molecular complexity index is 274. The fraction of sp³-hybridized carbons (Fsp3) is 0.385. The van der Waals surface area contributed by atoms with Crippen molar-refractivity contribution in [3.05, 3.63) is 48.0 Å². The summed E-state index contributed by atoms with van der Waals surface area (Å²) in [5, 5.41) is 0. The molecule has 0 amide bonds. The first-order valence-corrected chi connectivity index (χ1v) is 5.25. The molecule has 0 aliphatic rings. The zero-order chi connectivity index (χ0) is 10.4. The van der Waals surface area contributed by atoms with E-state index in [-0.39, 0.29) is 6.04 Å². The van der Waals surface area contributed by atoms with Crippen LogP contribution in [0.1, 0.15) is 36.9 Å². The van der Waals surface area contributed by atoms with Crippen molar-refractivity contribution in [2.24, 2.45) is 5.73 Å². The van der Waals surface area contributed by atoms with Crippen LogP contribution in [-0.4, -0.2) is 0 Å². The number of hydrogen-bond donors (Lipinski definition) is 1. The third-order valence-corrected chi connectivity index (χ3v) is 2.44. The van der Waals surface area contributed by atoms with Gasteiger partial charge in [-0.05, 0) is 24.0 Å². The molecule has 1 nitrogen and oxygen atoms in total. The van der Waals surface area contributed by atoms with E-state index >= 15 is 0 Å². The maximum absolute atomic E-state index is 5.83. The highest BCUT2D eigenvalue weighted by Gasteiger charge is 2.00. The van der Waals surface area contributed by atoms with Crippen LogP contribution in [0.5, 0.6) is 0 Å². The zero-order valence-electron chi connectivity index (χ0n) is 8.87. The van der Waals surface area contributed by atoms with E-state index in [0.29, 0.717) is 0 Å². The molecule has 0 fully saturated rings. The predicted octanol–water partition coefficient (Wildman–Crippen LogP) is 3.22. The van der Waals surface area contributed by atoms with E-state index in [1.165, 1.54) is 24.8 Å². The molecule has 2 N–H and O–H groups in total. The van der Waals surface area contributed by atoms with Crippen molar-refractivity contribution in [1.29, 1.82) is 0 Å². The van der Waals surface area contributed by atoms with Gasteiger partial charge in [0.15, 0.2) is 0 Å². The molecule has 0 aliphatic carbocycles. The van der Waals surface area contributed by atoms with Gasteiger partial charge in [-0.15, -0.1) is 6.58 Å². The van der Waals surface area contributed by atoms with Crippen LogP contribution in [0.25, 0.3) is 0 Å². The van der Waals surface area contributed by atoms with Crippen molar-refractivity contribution in [2.45, 2.75) is 32.2 Å². The molecule has 14 heavy (non-hydrogen) atoms. The minimum Gasteiger partial charge on any atom is -0.321 e. The third-order valence-electron chi connectivity index (χ3n) is 2.44. The number of unbranched alkanes of at least 4 members (excludes halogenated alkanes) is 1. The molecule has 1 aromatic rings. The van der Waals surface area contributed by atoms with E-state index in [0.717, 1.165) is 5.56 Å². The van der Waals surface area contributed by atoms with E-state index in [1.54, 1.807) is 6.08 Å². The van der Waals surface area contributed by atoms with Gasteiger partial charge in [0.25, 0.3) is 0 Å². The number of benzene rings is 1. The lowest BCUT2D eigenvalue weighted by Crippen LogP contribution is -2.06. The summed E-state index contributed by atoms with van der Waals surface area (Å²) in [6, 6.07) is 8.48.